The van der Waals surface area contributed by atoms with Gasteiger partial charge in [0.15, 0.2) is 17.2 Å². The molecule has 0 N–H and O–H groups in total. The van der Waals surface area contributed by atoms with Crippen molar-refractivity contribution in [3.63, 3.8) is 0 Å². The van der Waals surface area contributed by atoms with Gasteiger partial charge in [0, 0.05) is 5.56 Å². The van der Waals surface area contributed by atoms with Crippen molar-refractivity contribution in [3.8, 4) is 23.0 Å². The Hall–Kier alpha value is -4.72. The molecule has 4 aromatic heterocycles. The van der Waals surface area contributed by atoms with Crippen LogP contribution in [0, 0.1) is 0 Å². The van der Waals surface area contributed by atoms with Gasteiger partial charge in [-0.05, 0) is 24.3 Å². The highest BCUT2D eigenvalue weighted by atomic mass is 16.5. The zero-order valence-electron chi connectivity index (χ0n) is 17.0. The van der Waals surface area contributed by atoms with Crippen molar-refractivity contribution in [3.05, 3.63) is 107 Å². The molecule has 0 saturated carbocycles. The van der Waals surface area contributed by atoms with E-state index in [1.807, 2.05) is 54.6 Å². The van der Waals surface area contributed by atoms with Gasteiger partial charge in [0.1, 0.15) is 17.7 Å². The zero-order chi connectivity index (χ0) is 21.9. The summed E-state index contributed by atoms with van der Waals surface area (Å²) in [6.07, 6.45) is 3.13. The van der Waals surface area contributed by atoms with E-state index >= 15 is 0 Å². The highest BCUT2D eigenvalue weighted by Crippen LogP contribution is 2.48. The maximum Gasteiger partial charge on any atom is 0.344 e. The number of ether oxygens (including phenoxy) is 1. The summed E-state index contributed by atoms with van der Waals surface area (Å²) < 4.78 is 19.2. The van der Waals surface area contributed by atoms with Crippen molar-refractivity contribution in [2.24, 2.45) is 0 Å². The van der Waals surface area contributed by atoms with Crippen molar-refractivity contribution in [1.29, 1.82) is 0 Å². The van der Waals surface area contributed by atoms with E-state index in [1.165, 1.54) is 0 Å². The van der Waals surface area contributed by atoms with Crippen LogP contribution in [0.1, 0.15) is 22.8 Å². The van der Waals surface area contributed by atoms with Gasteiger partial charge in [0.05, 0.1) is 28.7 Å². The fourth-order valence-electron chi connectivity index (χ4n) is 4.38. The van der Waals surface area contributed by atoms with Gasteiger partial charge in [-0.1, -0.05) is 42.5 Å². The van der Waals surface area contributed by atoms with E-state index in [1.54, 1.807) is 29.2 Å². The topological polar surface area (TPSA) is 95.7 Å². The number of fused-ring (bicyclic) bond motifs is 6. The molecule has 1 unspecified atom stereocenters. The van der Waals surface area contributed by atoms with Crippen LogP contribution in [0.25, 0.3) is 28.0 Å². The predicted octanol–water partition coefficient (Wildman–Crippen LogP) is 4.78. The van der Waals surface area contributed by atoms with Crippen LogP contribution in [0.4, 0.5) is 0 Å². The van der Waals surface area contributed by atoms with Gasteiger partial charge >= 0.3 is 5.63 Å². The Bertz CT molecular complexity index is 1720. The summed E-state index contributed by atoms with van der Waals surface area (Å²) in [5.41, 5.74) is 2.27. The lowest BCUT2D eigenvalue weighted by Gasteiger charge is -2.25. The highest BCUT2D eigenvalue weighted by Gasteiger charge is 2.39. The fraction of sp³-hybridized carbons (Fsp3) is 0.0400. The lowest BCUT2D eigenvalue weighted by Crippen LogP contribution is -2.22. The van der Waals surface area contributed by atoms with Crippen LogP contribution < -0.4 is 10.4 Å². The third kappa shape index (κ3) is 2.58. The number of benzene rings is 2. The second-order valence-corrected chi connectivity index (χ2v) is 7.71. The summed E-state index contributed by atoms with van der Waals surface area (Å²) in [7, 11) is 0. The molecule has 0 radical (unpaired) electrons. The number of para-hydroxylation sites is 1. The van der Waals surface area contributed by atoms with Crippen LogP contribution in [0.5, 0.6) is 11.6 Å². The number of hydrogen-bond acceptors (Lipinski definition) is 7. The van der Waals surface area contributed by atoms with Crippen molar-refractivity contribution in [1.82, 2.24) is 19.6 Å². The molecule has 0 amide bonds. The molecule has 6 aromatic rings. The van der Waals surface area contributed by atoms with Gasteiger partial charge in [0.2, 0.25) is 5.88 Å². The minimum Gasteiger partial charge on any atom is -0.468 e. The third-order valence-corrected chi connectivity index (χ3v) is 5.82. The first-order valence-electron chi connectivity index (χ1n) is 10.4. The molecule has 0 bridgehead atoms. The van der Waals surface area contributed by atoms with Gasteiger partial charge in [-0.15, -0.1) is 5.10 Å². The van der Waals surface area contributed by atoms with Crippen molar-refractivity contribution in [2.45, 2.75) is 5.92 Å². The summed E-state index contributed by atoms with van der Waals surface area (Å²) in [4.78, 5) is 22.5. The Labute approximate surface area is 185 Å². The summed E-state index contributed by atoms with van der Waals surface area (Å²) in [5.74, 6) is 1.24. The second-order valence-electron chi connectivity index (χ2n) is 7.71. The predicted molar refractivity (Wildman–Crippen MR) is 118 cm³/mol. The number of furan rings is 1. The molecule has 8 heteroatoms. The molecule has 1 atom stereocenters. The number of nitrogens with zero attached hydrogens (tertiary/aromatic N) is 4. The molecule has 0 aliphatic carbocycles. The van der Waals surface area contributed by atoms with Crippen molar-refractivity contribution < 1.29 is 13.6 Å². The quantitative estimate of drug-likeness (QED) is 0.362. The number of aromatic nitrogens is 4. The minimum atomic E-state index is -0.622. The average Bonchev–Trinajstić information content (AvgIpc) is 3.54. The first-order valence-corrected chi connectivity index (χ1v) is 10.4. The molecule has 0 spiro atoms. The average molecular weight is 434 g/mol. The van der Waals surface area contributed by atoms with Crippen LogP contribution in [-0.4, -0.2) is 19.6 Å². The number of rotatable bonds is 2. The molecule has 2 aromatic carbocycles. The smallest absolute Gasteiger partial charge is 0.344 e. The zero-order valence-corrected chi connectivity index (χ0v) is 17.0. The van der Waals surface area contributed by atoms with Crippen LogP contribution in [0.3, 0.4) is 0 Å². The van der Waals surface area contributed by atoms with Gasteiger partial charge in [-0.3, -0.25) is 0 Å². The maximum absolute atomic E-state index is 13.2. The Morgan fingerprint density at radius 2 is 1.76 bits per heavy atom. The second kappa shape index (κ2) is 6.64. The van der Waals surface area contributed by atoms with E-state index < -0.39 is 11.5 Å². The Balaban J connectivity index is 1.56. The van der Waals surface area contributed by atoms with E-state index in [2.05, 4.69) is 10.1 Å². The standard InChI is InChI=1S/C25H14N4O4/c30-25-19-18(17-11-6-12-31-17)20-23-27-22(14-7-2-1-3-8-14)28-29(23)13-26-24(20)33-21(19)15-9-4-5-10-16(15)32-25/h1-13,18H. The molecular weight excluding hydrogens is 420 g/mol. The molecule has 0 fully saturated rings. The van der Waals surface area contributed by atoms with Gasteiger partial charge in [-0.2, -0.15) is 0 Å². The van der Waals surface area contributed by atoms with E-state index in [0.29, 0.717) is 51.0 Å². The third-order valence-electron chi connectivity index (χ3n) is 5.82. The molecule has 5 heterocycles. The first kappa shape index (κ1) is 17.9. The Kier molecular flexibility index (Phi) is 3.60. The molecule has 33 heavy (non-hydrogen) atoms. The molecule has 7 rings (SSSR count). The van der Waals surface area contributed by atoms with Gasteiger partial charge in [0.25, 0.3) is 0 Å². The molecule has 8 nitrogen and oxygen atoms in total. The van der Waals surface area contributed by atoms with Crippen molar-refractivity contribution >= 4 is 16.6 Å². The Morgan fingerprint density at radius 1 is 0.909 bits per heavy atom. The normalized spacial score (nSPS) is 14.7. The van der Waals surface area contributed by atoms with E-state index in [-0.39, 0.29) is 0 Å². The first-order chi connectivity index (χ1) is 16.3. The monoisotopic (exact) mass is 434 g/mol. The lowest BCUT2D eigenvalue weighted by molar-refractivity contribution is 0.406. The highest BCUT2D eigenvalue weighted by molar-refractivity contribution is 5.86. The molecule has 158 valence electrons. The summed E-state index contributed by atoms with van der Waals surface area (Å²) >= 11 is 0. The van der Waals surface area contributed by atoms with E-state index in [4.69, 9.17) is 18.6 Å². The minimum absolute atomic E-state index is 0.343. The SMILES string of the molecule is O=c1oc2ccccc2c2c1C(c1ccco1)c1c(ncn3nc(-c4ccccc4)nc13)O2. The molecule has 1 aliphatic heterocycles. The largest absolute Gasteiger partial charge is 0.468 e. The van der Waals surface area contributed by atoms with Crippen LogP contribution in [-0.2, 0) is 0 Å². The molecular formula is C25H14N4O4. The van der Waals surface area contributed by atoms with Crippen LogP contribution in [0.2, 0.25) is 0 Å². The van der Waals surface area contributed by atoms with Gasteiger partial charge in [-0.25, -0.2) is 19.3 Å². The fourth-order valence-corrected chi connectivity index (χ4v) is 4.38. The summed E-state index contributed by atoms with van der Waals surface area (Å²) in [5, 5.41) is 5.27. The van der Waals surface area contributed by atoms with Crippen molar-refractivity contribution in [2.75, 3.05) is 0 Å². The van der Waals surface area contributed by atoms with E-state index in [9.17, 15) is 4.79 Å². The lowest BCUT2D eigenvalue weighted by atomic mass is 9.88. The number of hydrogen-bond donors (Lipinski definition) is 0. The van der Waals surface area contributed by atoms with E-state index in [0.717, 1.165) is 5.56 Å². The maximum atomic E-state index is 13.2. The molecule has 1 aliphatic rings. The summed E-state index contributed by atoms with van der Waals surface area (Å²) in [6, 6.07) is 20.5. The summed E-state index contributed by atoms with van der Waals surface area (Å²) in [6.45, 7) is 0. The Morgan fingerprint density at radius 3 is 2.61 bits per heavy atom. The van der Waals surface area contributed by atoms with Gasteiger partial charge < -0.3 is 13.6 Å². The van der Waals surface area contributed by atoms with Crippen LogP contribution in [0.15, 0.2) is 92.9 Å². The van der Waals surface area contributed by atoms with Crippen LogP contribution >= 0.6 is 0 Å². The molecule has 0 saturated heterocycles.